The zero-order valence-electron chi connectivity index (χ0n) is 16.8. The van der Waals surface area contributed by atoms with E-state index in [1.165, 1.54) is 16.8 Å². The maximum absolute atomic E-state index is 13.1. The van der Waals surface area contributed by atoms with Crippen LogP contribution in [0.25, 0.3) is 0 Å². The lowest BCUT2D eigenvalue weighted by atomic mass is 10.2. The molecule has 3 rings (SSSR count). The number of hydrogen-bond acceptors (Lipinski definition) is 3. The van der Waals surface area contributed by atoms with Crippen LogP contribution in [0.2, 0.25) is 5.15 Å². The van der Waals surface area contributed by atoms with Gasteiger partial charge in [-0.25, -0.2) is 13.9 Å². The number of halogens is 2. The van der Waals surface area contributed by atoms with Crippen molar-refractivity contribution in [2.24, 2.45) is 0 Å². The molecule has 160 valence electrons. The number of aryl methyl sites for hydroxylation is 1. The van der Waals surface area contributed by atoms with Crippen LogP contribution >= 0.6 is 11.6 Å². The molecular formula is C22H21ClFN5O2. The normalized spacial score (nSPS) is 10.4. The molecule has 9 heteroatoms. The first-order chi connectivity index (χ1) is 14.9. The highest BCUT2D eigenvalue weighted by Gasteiger charge is 2.20. The molecule has 7 nitrogen and oxygen atoms in total. The molecule has 2 aromatic carbocycles. The summed E-state index contributed by atoms with van der Waals surface area (Å²) < 4.78 is 14.6. The quantitative estimate of drug-likeness (QED) is 0.468. The molecule has 0 aliphatic heterocycles. The van der Waals surface area contributed by atoms with Gasteiger partial charge in [-0.15, -0.1) is 6.58 Å². The Bertz CT molecular complexity index is 1090. The SMILES string of the molecule is C=CCNC(=O)Nc1ccc(NC(=O)c2c(C)nn(Cc3ccc(F)cc3)c2Cl)cc1. The Morgan fingerprint density at radius 2 is 1.71 bits per heavy atom. The lowest BCUT2D eigenvalue weighted by molar-refractivity contribution is 0.102. The smallest absolute Gasteiger partial charge is 0.319 e. The minimum absolute atomic E-state index is 0.191. The molecule has 1 heterocycles. The summed E-state index contributed by atoms with van der Waals surface area (Å²) in [4.78, 5) is 24.4. The fourth-order valence-electron chi connectivity index (χ4n) is 2.85. The first kappa shape index (κ1) is 22.0. The fourth-order valence-corrected chi connectivity index (χ4v) is 3.17. The summed E-state index contributed by atoms with van der Waals surface area (Å²) in [6.07, 6.45) is 1.58. The van der Waals surface area contributed by atoms with E-state index in [2.05, 4.69) is 27.6 Å². The van der Waals surface area contributed by atoms with Gasteiger partial charge >= 0.3 is 6.03 Å². The van der Waals surface area contributed by atoms with Crippen molar-refractivity contribution in [3.63, 3.8) is 0 Å². The molecule has 0 saturated carbocycles. The van der Waals surface area contributed by atoms with Crippen molar-refractivity contribution in [3.05, 3.63) is 89.0 Å². The lowest BCUT2D eigenvalue weighted by Gasteiger charge is -2.08. The zero-order valence-corrected chi connectivity index (χ0v) is 17.5. The third kappa shape index (κ3) is 5.70. The average Bonchev–Trinajstić information content (AvgIpc) is 3.02. The molecule has 0 spiro atoms. The van der Waals surface area contributed by atoms with E-state index < -0.39 is 5.91 Å². The van der Waals surface area contributed by atoms with Crippen molar-refractivity contribution >= 4 is 34.9 Å². The van der Waals surface area contributed by atoms with Crippen LogP contribution in [0.5, 0.6) is 0 Å². The second-order valence-corrected chi connectivity index (χ2v) is 7.05. The molecule has 0 saturated heterocycles. The number of hydrogen-bond donors (Lipinski definition) is 3. The van der Waals surface area contributed by atoms with Gasteiger partial charge in [0.15, 0.2) is 0 Å². The van der Waals surface area contributed by atoms with Crippen LogP contribution in [0, 0.1) is 12.7 Å². The van der Waals surface area contributed by atoms with E-state index in [0.29, 0.717) is 30.2 Å². The number of benzene rings is 2. The van der Waals surface area contributed by atoms with Gasteiger partial charge in [0, 0.05) is 17.9 Å². The van der Waals surface area contributed by atoms with Crippen LogP contribution in [0.1, 0.15) is 21.6 Å². The van der Waals surface area contributed by atoms with E-state index in [0.717, 1.165) is 5.56 Å². The molecule has 0 fully saturated rings. The number of amides is 3. The van der Waals surface area contributed by atoms with E-state index in [9.17, 15) is 14.0 Å². The number of aromatic nitrogens is 2. The van der Waals surface area contributed by atoms with Crippen molar-refractivity contribution < 1.29 is 14.0 Å². The Morgan fingerprint density at radius 1 is 1.10 bits per heavy atom. The molecule has 3 amide bonds. The third-order valence-corrected chi connectivity index (χ3v) is 4.73. The van der Waals surface area contributed by atoms with Crippen molar-refractivity contribution in [2.45, 2.75) is 13.5 Å². The highest BCUT2D eigenvalue weighted by atomic mass is 35.5. The maximum Gasteiger partial charge on any atom is 0.319 e. The van der Waals surface area contributed by atoms with Crippen molar-refractivity contribution in [1.29, 1.82) is 0 Å². The predicted molar refractivity (Wildman–Crippen MR) is 119 cm³/mol. The number of nitrogens with zero attached hydrogens (tertiary/aromatic N) is 2. The standard InChI is InChI=1S/C22H21ClFN5O2/c1-3-12-25-22(31)27-18-10-8-17(9-11-18)26-21(30)19-14(2)28-29(20(19)23)13-15-4-6-16(24)7-5-15/h3-11H,1,12-13H2,2H3,(H,26,30)(H2,25,27,31). The van der Waals surface area contributed by atoms with Crippen LogP contribution in [0.15, 0.2) is 61.2 Å². The summed E-state index contributed by atoms with van der Waals surface area (Å²) in [5.41, 5.74) is 2.64. The molecule has 31 heavy (non-hydrogen) atoms. The van der Waals surface area contributed by atoms with Crippen LogP contribution in [0.3, 0.4) is 0 Å². The maximum atomic E-state index is 13.1. The van der Waals surface area contributed by atoms with Gasteiger partial charge in [-0.1, -0.05) is 29.8 Å². The highest BCUT2D eigenvalue weighted by Crippen LogP contribution is 2.23. The number of carbonyl (C=O) groups is 2. The van der Waals surface area contributed by atoms with Gasteiger partial charge < -0.3 is 16.0 Å². The minimum atomic E-state index is -0.405. The summed E-state index contributed by atoms with van der Waals surface area (Å²) in [5, 5.41) is 12.6. The van der Waals surface area contributed by atoms with Crippen LogP contribution in [0.4, 0.5) is 20.6 Å². The van der Waals surface area contributed by atoms with Crippen LogP contribution in [-0.4, -0.2) is 28.3 Å². The second kappa shape index (κ2) is 9.90. The van der Waals surface area contributed by atoms with E-state index >= 15 is 0 Å². The molecule has 0 aliphatic rings. The summed E-state index contributed by atoms with van der Waals surface area (Å²) >= 11 is 6.40. The Labute approximate surface area is 183 Å². The first-order valence-electron chi connectivity index (χ1n) is 9.42. The Hall–Kier alpha value is -3.65. The van der Waals surface area contributed by atoms with Crippen LogP contribution in [-0.2, 0) is 6.54 Å². The number of anilines is 2. The van der Waals surface area contributed by atoms with Gasteiger partial charge in [0.05, 0.1) is 17.8 Å². The molecule has 0 unspecified atom stereocenters. The first-order valence-corrected chi connectivity index (χ1v) is 9.79. The molecule has 0 aliphatic carbocycles. The minimum Gasteiger partial charge on any atom is -0.334 e. The van der Waals surface area contributed by atoms with Gasteiger partial charge in [0.2, 0.25) is 0 Å². The van der Waals surface area contributed by atoms with E-state index in [4.69, 9.17) is 11.6 Å². The molecule has 1 aromatic heterocycles. The molecular weight excluding hydrogens is 421 g/mol. The number of carbonyl (C=O) groups excluding carboxylic acids is 2. The number of nitrogens with one attached hydrogen (secondary N) is 3. The van der Waals surface area contributed by atoms with Crippen molar-refractivity contribution in [1.82, 2.24) is 15.1 Å². The zero-order chi connectivity index (χ0) is 22.4. The van der Waals surface area contributed by atoms with Gasteiger partial charge in [-0.3, -0.25) is 4.79 Å². The van der Waals surface area contributed by atoms with Crippen molar-refractivity contribution in [3.8, 4) is 0 Å². The largest absolute Gasteiger partial charge is 0.334 e. The highest BCUT2D eigenvalue weighted by molar-refractivity contribution is 6.33. The summed E-state index contributed by atoms with van der Waals surface area (Å²) in [7, 11) is 0. The molecule has 3 N–H and O–H groups in total. The van der Waals surface area contributed by atoms with Crippen LogP contribution < -0.4 is 16.0 Å². The molecule has 0 bridgehead atoms. The summed E-state index contributed by atoms with van der Waals surface area (Å²) in [6.45, 7) is 5.88. The topological polar surface area (TPSA) is 88.1 Å². The molecule has 3 aromatic rings. The third-order valence-electron chi connectivity index (χ3n) is 4.35. The Balaban J connectivity index is 1.67. The second-order valence-electron chi connectivity index (χ2n) is 6.69. The van der Waals surface area contributed by atoms with Gasteiger partial charge in [0.1, 0.15) is 11.0 Å². The van der Waals surface area contributed by atoms with E-state index in [1.54, 1.807) is 49.4 Å². The fraction of sp³-hybridized carbons (Fsp3) is 0.136. The van der Waals surface area contributed by atoms with E-state index in [1.807, 2.05) is 0 Å². The summed E-state index contributed by atoms with van der Waals surface area (Å²) in [6, 6.07) is 12.3. The van der Waals surface area contributed by atoms with Gasteiger partial charge in [0.25, 0.3) is 5.91 Å². The summed E-state index contributed by atoms with van der Waals surface area (Å²) in [5.74, 6) is -0.734. The van der Waals surface area contributed by atoms with Gasteiger partial charge in [-0.05, 0) is 48.9 Å². The monoisotopic (exact) mass is 441 g/mol. The van der Waals surface area contributed by atoms with Gasteiger partial charge in [-0.2, -0.15) is 5.10 Å². The number of rotatable bonds is 7. The molecule has 0 radical (unpaired) electrons. The number of urea groups is 1. The Kier molecular flexibility index (Phi) is 7.04. The Morgan fingerprint density at radius 3 is 2.32 bits per heavy atom. The predicted octanol–water partition coefficient (Wildman–Crippen LogP) is 4.59. The molecule has 0 atom stereocenters. The van der Waals surface area contributed by atoms with E-state index in [-0.39, 0.29) is 22.6 Å². The van der Waals surface area contributed by atoms with Crippen molar-refractivity contribution in [2.75, 3.05) is 17.2 Å². The lowest BCUT2D eigenvalue weighted by Crippen LogP contribution is -2.28. The average molecular weight is 442 g/mol.